The number of halogens is 4. The van der Waals surface area contributed by atoms with Crippen LogP contribution in [0.25, 0.3) is 0 Å². The summed E-state index contributed by atoms with van der Waals surface area (Å²) in [6, 6.07) is 18.9. The van der Waals surface area contributed by atoms with E-state index in [1.165, 1.54) is 6.07 Å². The molecule has 1 amide bonds. The monoisotopic (exact) mass is 444 g/mol. The lowest BCUT2D eigenvalue weighted by atomic mass is 10.1. The Bertz CT molecular complexity index is 1160. The third-order valence-corrected chi connectivity index (χ3v) is 5.06. The van der Waals surface area contributed by atoms with E-state index in [1.54, 1.807) is 47.4 Å². The van der Waals surface area contributed by atoms with E-state index in [1.807, 2.05) is 12.1 Å². The Balaban J connectivity index is 1.64. The van der Waals surface area contributed by atoms with E-state index < -0.39 is 17.6 Å². The van der Waals surface area contributed by atoms with Crippen molar-refractivity contribution in [2.75, 3.05) is 11.5 Å². The number of aliphatic imine (C=N–C) groups is 1. The lowest BCUT2D eigenvalue weighted by Crippen LogP contribution is -2.26. The van der Waals surface area contributed by atoms with Gasteiger partial charge in [0.1, 0.15) is 11.6 Å². The zero-order valence-corrected chi connectivity index (χ0v) is 16.8. The van der Waals surface area contributed by atoms with Gasteiger partial charge in [0.25, 0.3) is 5.91 Å². The summed E-state index contributed by atoms with van der Waals surface area (Å²) in [5, 5.41) is 0.361. The number of nitrogens with zero attached hydrogens (tertiary/aromatic N) is 2. The fourth-order valence-electron chi connectivity index (χ4n) is 3.30. The zero-order chi connectivity index (χ0) is 22.0. The third-order valence-electron chi connectivity index (χ3n) is 4.75. The predicted octanol–water partition coefficient (Wildman–Crippen LogP) is 5.73. The van der Waals surface area contributed by atoms with Crippen molar-refractivity contribution in [2.45, 2.75) is 12.7 Å². The second-order valence-corrected chi connectivity index (χ2v) is 7.25. The summed E-state index contributed by atoms with van der Waals surface area (Å²) in [7, 11) is 0. The van der Waals surface area contributed by atoms with E-state index in [0.717, 1.165) is 17.7 Å². The maximum atomic E-state index is 13.2. The number of rotatable bonds is 4. The fraction of sp³-hybridized carbons (Fsp3) is 0.130. The highest BCUT2D eigenvalue weighted by atomic mass is 35.5. The van der Waals surface area contributed by atoms with Gasteiger partial charge < -0.3 is 9.64 Å². The first-order chi connectivity index (χ1) is 14.8. The molecule has 1 heterocycles. The Morgan fingerprint density at radius 1 is 1.03 bits per heavy atom. The molecule has 158 valence electrons. The average Bonchev–Trinajstić information content (AvgIpc) is 3.11. The van der Waals surface area contributed by atoms with Crippen molar-refractivity contribution in [1.29, 1.82) is 0 Å². The number of benzene rings is 3. The van der Waals surface area contributed by atoms with Gasteiger partial charge in [-0.05, 0) is 35.9 Å². The van der Waals surface area contributed by atoms with Crippen molar-refractivity contribution in [3.8, 4) is 5.75 Å². The number of alkyl halides is 3. The van der Waals surface area contributed by atoms with Gasteiger partial charge >= 0.3 is 6.18 Å². The number of carbonyl (C=O) groups is 1. The van der Waals surface area contributed by atoms with E-state index >= 15 is 0 Å². The van der Waals surface area contributed by atoms with Crippen LogP contribution in [0.15, 0.2) is 77.8 Å². The fourth-order valence-corrected chi connectivity index (χ4v) is 3.49. The number of amidine groups is 1. The lowest BCUT2D eigenvalue weighted by Gasteiger charge is -2.20. The molecule has 3 aromatic rings. The minimum atomic E-state index is -4.47. The van der Waals surface area contributed by atoms with Crippen LogP contribution in [0.4, 0.5) is 18.9 Å². The molecule has 0 fully saturated rings. The van der Waals surface area contributed by atoms with Crippen LogP contribution >= 0.6 is 11.6 Å². The Morgan fingerprint density at radius 2 is 1.77 bits per heavy atom. The van der Waals surface area contributed by atoms with Crippen LogP contribution in [0, 0.1) is 0 Å². The molecule has 3 aromatic carbocycles. The lowest BCUT2D eigenvalue weighted by molar-refractivity contribution is -0.137. The molecular weight excluding hydrogens is 429 g/mol. The zero-order valence-electron chi connectivity index (χ0n) is 16.1. The van der Waals surface area contributed by atoms with Gasteiger partial charge in [-0.2, -0.15) is 18.2 Å². The Labute approximate surface area is 181 Å². The molecule has 0 bridgehead atoms. The molecule has 0 aliphatic carbocycles. The van der Waals surface area contributed by atoms with Gasteiger partial charge in [-0.3, -0.25) is 4.79 Å². The molecule has 0 saturated heterocycles. The van der Waals surface area contributed by atoms with Crippen LogP contribution in [0.1, 0.15) is 16.7 Å². The Morgan fingerprint density at radius 3 is 2.55 bits per heavy atom. The number of fused-ring (bicyclic) bond motifs is 1. The summed E-state index contributed by atoms with van der Waals surface area (Å²) < 4.78 is 45.0. The van der Waals surface area contributed by atoms with Crippen LogP contribution in [0.3, 0.4) is 0 Å². The molecule has 4 nitrogen and oxygen atoms in total. The molecule has 0 atom stereocenters. The van der Waals surface area contributed by atoms with Crippen LogP contribution in [0.5, 0.6) is 5.75 Å². The molecule has 1 aliphatic rings. The minimum absolute atomic E-state index is 0.280. The van der Waals surface area contributed by atoms with E-state index in [-0.39, 0.29) is 12.4 Å². The topological polar surface area (TPSA) is 41.9 Å². The summed E-state index contributed by atoms with van der Waals surface area (Å²) in [6.07, 6.45) is -4.47. The summed E-state index contributed by atoms with van der Waals surface area (Å²) in [5.41, 5.74) is 1.07. The highest BCUT2D eigenvalue weighted by molar-refractivity contribution is 6.32. The molecule has 0 radical (unpaired) electrons. The summed E-state index contributed by atoms with van der Waals surface area (Å²) in [6.45, 7) is -0.0548. The van der Waals surface area contributed by atoms with E-state index in [4.69, 9.17) is 16.3 Å². The summed E-state index contributed by atoms with van der Waals surface area (Å²) >= 11 is 6.03. The summed E-state index contributed by atoms with van der Waals surface area (Å²) in [4.78, 5) is 18.3. The maximum absolute atomic E-state index is 13.2. The molecule has 0 unspecified atom stereocenters. The first kappa shape index (κ1) is 20.9. The van der Waals surface area contributed by atoms with Crippen LogP contribution in [-0.2, 0) is 17.5 Å². The van der Waals surface area contributed by atoms with Crippen LogP contribution in [-0.4, -0.2) is 18.3 Å². The van der Waals surface area contributed by atoms with Crippen LogP contribution < -0.4 is 9.64 Å². The number of para-hydroxylation sites is 1. The highest BCUT2D eigenvalue weighted by Crippen LogP contribution is 2.34. The molecule has 0 aromatic heterocycles. The Kier molecular flexibility index (Phi) is 5.69. The molecular formula is C23H16ClF3N2O2. The largest absolute Gasteiger partial charge is 0.482 e. The first-order valence-electron chi connectivity index (χ1n) is 9.35. The molecule has 0 saturated carbocycles. The molecule has 4 rings (SSSR count). The van der Waals surface area contributed by atoms with Gasteiger partial charge in [0, 0.05) is 11.3 Å². The molecule has 31 heavy (non-hydrogen) atoms. The van der Waals surface area contributed by atoms with E-state index in [9.17, 15) is 18.0 Å². The van der Waals surface area contributed by atoms with Gasteiger partial charge in [0.2, 0.25) is 0 Å². The van der Waals surface area contributed by atoms with Crippen LogP contribution in [0.2, 0.25) is 5.02 Å². The second-order valence-electron chi connectivity index (χ2n) is 6.84. The van der Waals surface area contributed by atoms with Crippen molar-refractivity contribution >= 4 is 29.0 Å². The SMILES string of the molecule is O=C(COc1ccccc1Cl)N=C1c2ccccc2CN1c1cccc(C(F)(F)F)c1. The van der Waals surface area contributed by atoms with Crippen molar-refractivity contribution in [2.24, 2.45) is 4.99 Å². The molecule has 0 N–H and O–H groups in total. The molecule has 1 aliphatic heterocycles. The van der Waals surface area contributed by atoms with Gasteiger partial charge in [-0.25, -0.2) is 0 Å². The van der Waals surface area contributed by atoms with E-state index in [2.05, 4.69) is 4.99 Å². The third kappa shape index (κ3) is 4.56. The number of hydrogen-bond donors (Lipinski definition) is 0. The number of carbonyl (C=O) groups excluding carboxylic acids is 1. The van der Waals surface area contributed by atoms with Crippen molar-refractivity contribution in [1.82, 2.24) is 0 Å². The van der Waals surface area contributed by atoms with Crippen molar-refractivity contribution < 1.29 is 22.7 Å². The first-order valence-corrected chi connectivity index (χ1v) is 9.72. The summed E-state index contributed by atoms with van der Waals surface area (Å²) in [5.74, 6) is 0.0468. The predicted molar refractivity (Wildman–Crippen MR) is 113 cm³/mol. The number of hydrogen-bond acceptors (Lipinski definition) is 2. The van der Waals surface area contributed by atoms with Gasteiger partial charge in [-0.1, -0.05) is 54.1 Å². The molecule has 8 heteroatoms. The second kappa shape index (κ2) is 8.43. The number of ether oxygens (including phenoxy) is 1. The number of amides is 1. The normalized spacial score (nSPS) is 14.6. The van der Waals surface area contributed by atoms with Gasteiger partial charge in [-0.15, -0.1) is 0 Å². The smallest absolute Gasteiger partial charge is 0.416 e. The number of anilines is 1. The highest BCUT2D eigenvalue weighted by Gasteiger charge is 2.33. The van der Waals surface area contributed by atoms with Gasteiger partial charge in [0.15, 0.2) is 6.61 Å². The molecule has 0 spiro atoms. The van der Waals surface area contributed by atoms with Crippen molar-refractivity contribution in [3.63, 3.8) is 0 Å². The minimum Gasteiger partial charge on any atom is -0.482 e. The average molecular weight is 445 g/mol. The quantitative estimate of drug-likeness (QED) is 0.516. The maximum Gasteiger partial charge on any atom is 0.416 e. The van der Waals surface area contributed by atoms with E-state index in [0.29, 0.717) is 28.6 Å². The van der Waals surface area contributed by atoms with Crippen molar-refractivity contribution in [3.05, 3.63) is 94.5 Å². The standard InChI is InChI=1S/C23H16ClF3N2O2/c24-19-10-3-4-11-20(19)31-14-21(30)28-22-18-9-2-1-6-15(18)13-29(22)17-8-5-7-16(12-17)23(25,26)27/h1-12H,13-14H2. The van der Waals surface area contributed by atoms with Gasteiger partial charge in [0.05, 0.1) is 17.1 Å². The Hall–Kier alpha value is -3.32.